The highest BCUT2D eigenvalue weighted by atomic mass is 35.5. The number of ether oxygens (including phenoxy) is 1. The fourth-order valence-corrected chi connectivity index (χ4v) is 4.35. The van der Waals surface area contributed by atoms with Crippen molar-refractivity contribution in [1.29, 1.82) is 0 Å². The van der Waals surface area contributed by atoms with Crippen molar-refractivity contribution in [2.45, 2.75) is 32.3 Å². The summed E-state index contributed by atoms with van der Waals surface area (Å²) in [6.07, 6.45) is 2.18. The minimum atomic E-state index is -0.372. The van der Waals surface area contributed by atoms with Crippen LogP contribution in [-0.4, -0.2) is 35.3 Å². The van der Waals surface area contributed by atoms with Crippen LogP contribution in [0.3, 0.4) is 0 Å². The molecule has 0 spiro atoms. The molecule has 5 aromatic rings. The van der Waals surface area contributed by atoms with Gasteiger partial charge in [0.05, 0.1) is 16.4 Å². The lowest BCUT2D eigenvalue weighted by Crippen LogP contribution is -2.18. The molecule has 0 amide bonds. The maximum atomic E-state index is 13.4. The van der Waals surface area contributed by atoms with Crippen molar-refractivity contribution in [3.8, 4) is 17.1 Å². The number of H-pyrrole nitrogens is 1. The third kappa shape index (κ3) is 4.07. The first kappa shape index (κ1) is 22.2. The normalized spacial score (nSPS) is 13.3. The van der Waals surface area contributed by atoms with Gasteiger partial charge < -0.3 is 4.74 Å². The Balaban J connectivity index is 1.29. The lowest BCUT2D eigenvalue weighted by Gasteiger charge is -2.12. The monoisotopic (exact) mass is 500 g/mol. The molecule has 3 heterocycles. The number of hydrogen-bond donors (Lipinski definition) is 1. The molecule has 0 aliphatic heterocycles. The first-order valence-corrected chi connectivity index (χ1v) is 11.9. The number of carbonyl (C=O) groups is 1. The molecule has 0 atom stereocenters. The highest BCUT2D eigenvalue weighted by Crippen LogP contribution is 2.39. The molecule has 1 saturated carbocycles. The van der Waals surface area contributed by atoms with E-state index in [0.717, 1.165) is 29.8 Å². The van der Waals surface area contributed by atoms with Crippen LogP contribution in [0.15, 0.2) is 65.5 Å². The Morgan fingerprint density at radius 2 is 1.92 bits per heavy atom. The smallest absolute Gasteiger partial charge is 0.283 e. The van der Waals surface area contributed by atoms with Crippen molar-refractivity contribution in [2.24, 2.45) is 0 Å². The number of hydrogen-bond acceptors (Lipinski definition) is 6. The van der Waals surface area contributed by atoms with Gasteiger partial charge in [-0.3, -0.25) is 14.7 Å². The van der Waals surface area contributed by atoms with Gasteiger partial charge in [0.2, 0.25) is 0 Å². The van der Waals surface area contributed by atoms with Crippen LogP contribution >= 0.6 is 11.6 Å². The van der Waals surface area contributed by atoms with Crippen LogP contribution in [0.4, 0.5) is 0 Å². The minimum Gasteiger partial charge on any atom is -0.486 e. The number of benzene rings is 2. The molecule has 1 aliphatic rings. The van der Waals surface area contributed by atoms with Gasteiger partial charge in [-0.15, -0.1) is 0 Å². The molecule has 0 unspecified atom stereocenters. The molecule has 6 rings (SSSR count). The maximum Gasteiger partial charge on any atom is 0.283 e. The van der Waals surface area contributed by atoms with Gasteiger partial charge in [-0.1, -0.05) is 48.0 Å². The number of aryl methyl sites for hydroxylation is 1. The van der Waals surface area contributed by atoms with Gasteiger partial charge in [0.1, 0.15) is 17.9 Å². The summed E-state index contributed by atoms with van der Waals surface area (Å²) >= 11 is 6.43. The van der Waals surface area contributed by atoms with Gasteiger partial charge in [0.25, 0.3) is 17.2 Å². The Kier molecular flexibility index (Phi) is 5.41. The second-order valence-corrected chi connectivity index (χ2v) is 9.17. The molecular weight excluding hydrogens is 480 g/mol. The minimum absolute atomic E-state index is 0.0503. The number of fused-ring (bicyclic) bond motifs is 1. The fraction of sp³-hybridized carbons (Fsp3) is 0.192. The average molecular weight is 501 g/mol. The zero-order chi connectivity index (χ0) is 24.8. The summed E-state index contributed by atoms with van der Waals surface area (Å²) in [7, 11) is 0. The van der Waals surface area contributed by atoms with Crippen molar-refractivity contribution < 1.29 is 9.53 Å². The Labute approximate surface area is 210 Å². The molecular formula is C26H21ClN6O3. The van der Waals surface area contributed by atoms with E-state index in [-0.39, 0.29) is 40.2 Å². The molecule has 2 aromatic carbocycles. The topological polar surface area (TPSA) is 107 Å². The Morgan fingerprint density at radius 1 is 1.11 bits per heavy atom. The number of carbonyl (C=O) groups excluding carboxylic acids is 1. The van der Waals surface area contributed by atoms with E-state index < -0.39 is 0 Å². The van der Waals surface area contributed by atoms with Crippen LogP contribution in [0.25, 0.3) is 17.2 Å². The first-order chi connectivity index (χ1) is 17.5. The van der Waals surface area contributed by atoms with E-state index in [1.165, 1.54) is 15.3 Å². The third-order valence-electron chi connectivity index (χ3n) is 6.09. The molecule has 1 fully saturated rings. The summed E-state index contributed by atoms with van der Waals surface area (Å²) in [6.45, 7) is 1.79. The second-order valence-electron chi connectivity index (χ2n) is 8.76. The van der Waals surface area contributed by atoms with Gasteiger partial charge >= 0.3 is 0 Å². The predicted octanol–water partition coefficient (Wildman–Crippen LogP) is 4.39. The third-order valence-corrected chi connectivity index (χ3v) is 6.40. The molecule has 0 radical (unpaired) electrons. The highest BCUT2D eigenvalue weighted by molar-refractivity contribution is 6.34. The van der Waals surface area contributed by atoms with E-state index in [1.54, 1.807) is 18.2 Å². The standard InChI is InChI=1S/C26H21ClN6O3/c1-15-12-20(16-10-11-16)30-32(15)25(35)23-19(27)8-5-9-21(23)36-14-18-13-22(34)33-26(28-18)29-24(31-33)17-6-3-2-4-7-17/h2-9,12-13,16H,10-11,14H2,1H3,(H,28,29,31). The molecule has 9 nitrogen and oxygen atoms in total. The fourth-order valence-electron chi connectivity index (χ4n) is 4.10. The summed E-state index contributed by atoms with van der Waals surface area (Å²) in [5.74, 6) is 1.08. The van der Waals surface area contributed by atoms with E-state index in [2.05, 4.69) is 20.2 Å². The molecule has 180 valence electrons. The molecule has 1 N–H and O–H groups in total. The second kappa shape index (κ2) is 8.76. The summed E-state index contributed by atoms with van der Waals surface area (Å²) in [4.78, 5) is 35.0. The number of aromatic amines is 1. The Bertz CT molecular complexity index is 1670. The largest absolute Gasteiger partial charge is 0.486 e. The van der Waals surface area contributed by atoms with Crippen molar-refractivity contribution >= 4 is 23.3 Å². The average Bonchev–Trinajstić information content (AvgIpc) is 3.52. The molecule has 0 bridgehead atoms. The van der Waals surface area contributed by atoms with Crippen LogP contribution in [0.2, 0.25) is 5.02 Å². The highest BCUT2D eigenvalue weighted by Gasteiger charge is 2.29. The number of aromatic nitrogens is 6. The van der Waals surface area contributed by atoms with Gasteiger partial charge in [-0.25, -0.2) is 9.67 Å². The number of nitrogens with zero attached hydrogens (tertiary/aromatic N) is 5. The molecule has 3 aromatic heterocycles. The molecule has 0 saturated heterocycles. The van der Waals surface area contributed by atoms with Gasteiger partial charge in [0.15, 0.2) is 5.82 Å². The van der Waals surface area contributed by atoms with Crippen molar-refractivity contribution in [3.63, 3.8) is 0 Å². The molecule has 10 heteroatoms. The maximum absolute atomic E-state index is 13.4. The van der Waals surface area contributed by atoms with Crippen LogP contribution in [0, 0.1) is 6.92 Å². The predicted molar refractivity (Wildman–Crippen MR) is 133 cm³/mol. The Hall–Kier alpha value is -4.24. The van der Waals surface area contributed by atoms with Crippen molar-refractivity contribution in [2.75, 3.05) is 0 Å². The molecule has 1 aliphatic carbocycles. The quantitative estimate of drug-likeness (QED) is 0.370. The van der Waals surface area contributed by atoms with E-state index in [0.29, 0.717) is 17.4 Å². The number of rotatable bonds is 6. The van der Waals surface area contributed by atoms with E-state index in [4.69, 9.17) is 16.3 Å². The van der Waals surface area contributed by atoms with E-state index in [9.17, 15) is 9.59 Å². The molecule has 36 heavy (non-hydrogen) atoms. The van der Waals surface area contributed by atoms with Crippen LogP contribution in [0.1, 0.15) is 46.2 Å². The van der Waals surface area contributed by atoms with Crippen LogP contribution < -0.4 is 10.3 Å². The van der Waals surface area contributed by atoms with Crippen molar-refractivity contribution in [1.82, 2.24) is 29.4 Å². The number of nitrogens with one attached hydrogen (secondary N) is 1. The van der Waals surface area contributed by atoms with Crippen LogP contribution in [-0.2, 0) is 6.61 Å². The van der Waals surface area contributed by atoms with Crippen LogP contribution in [0.5, 0.6) is 5.75 Å². The summed E-state index contributed by atoms with van der Waals surface area (Å²) < 4.78 is 8.60. The first-order valence-electron chi connectivity index (χ1n) is 11.5. The summed E-state index contributed by atoms with van der Waals surface area (Å²) in [5, 5.41) is 7.73. The lowest BCUT2D eigenvalue weighted by atomic mass is 10.2. The lowest BCUT2D eigenvalue weighted by molar-refractivity contribution is 0.0937. The summed E-state index contributed by atoms with van der Waals surface area (Å²) in [6, 6.07) is 17.8. The van der Waals surface area contributed by atoms with Gasteiger partial charge in [-0.2, -0.15) is 14.6 Å². The van der Waals surface area contributed by atoms with E-state index >= 15 is 0 Å². The van der Waals surface area contributed by atoms with E-state index in [1.807, 2.05) is 43.3 Å². The Morgan fingerprint density at radius 3 is 2.69 bits per heavy atom. The van der Waals surface area contributed by atoms with Gasteiger partial charge in [-0.05, 0) is 38.0 Å². The van der Waals surface area contributed by atoms with Crippen molar-refractivity contribution in [3.05, 3.63) is 98.7 Å². The summed E-state index contributed by atoms with van der Waals surface area (Å²) in [5.41, 5.74) is 2.74. The van der Waals surface area contributed by atoms with Gasteiger partial charge in [0, 0.05) is 23.2 Å². The zero-order valence-electron chi connectivity index (χ0n) is 19.3. The number of halogens is 1. The SMILES string of the molecule is Cc1cc(C2CC2)nn1C(=O)c1c(Cl)cccc1OCc1cc(=O)n2[nH]c(-c3ccccc3)nc2n1. The zero-order valence-corrected chi connectivity index (χ0v) is 20.1.